The highest BCUT2D eigenvalue weighted by atomic mass is 35.5. The Labute approximate surface area is 166 Å². The van der Waals surface area contributed by atoms with Crippen LogP contribution >= 0.6 is 23.4 Å². The van der Waals surface area contributed by atoms with Gasteiger partial charge in [0.05, 0.1) is 5.75 Å². The van der Waals surface area contributed by atoms with Gasteiger partial charge in [0.25, 0.3) is 0 Å². The van der Waals surface area contributed by atoms with Gasteiger partial charge in [0.15, 0.2) is 5.16 Å². The number of halogens is 1. The van der Waals surface area contributed by atoms with Gasteiger partial charge >= 0.3 is 0 Å². The molecule has 1 aliphatic heterocycles. The fourth-order valence-corrected chi connectivity index (χ4v) is 3.90. The van der Waals surface area contributed by atoms with Crippen molar-refractivity contribution in [2.24, 2.45) is 0 Å². The lowest BCUT2D eigenvalue weighted by Gasteiger charge is -2.15. The number of anilines is 3. The van der Waals surface area contributed by atoms with Gasteiger partial charge in [-0.05, 0) is 37.3 Å². The second-order valence-corrected chi connectivity index (χ2v) is 7.65. The van der Waals surface area contributed by atoms with Crippen LogP contribution in [0.15, 0.2) is 53.7 Å². The molecule has 2 heterocycles. The summed E-state index contributed by atoms with van der Waals surface area (Å²) in [4.78, 5) is 14.3. The lowest BCUT2D eigenvalue weighted by Crippen LogP contribution is -2.14. The summed E-state index contributed by atoms with van der Waals surface area (Å²) in [6.45, 7) is 3.71. The molecule has 0 fully saturated rings. The summed E-state index contributed by atoms with van der Waals surface area (Å²) in [6.07, 6.45) is 0. The molecule has 138 valence electrons. The van der Waals surface area contributed by atoms with Crippen LogP contribution in [0.1, 0.15) is 5.56 Å². The quantitative estimate of drug-likeness (QED) is 0.654. The number of nitrogens with zero attached hydrogens (tertiary/aromatic N) is 4. The molecule has 0 unspecified atom stereocenters. The number of amides is 1. The van der Waals surface area contributed by atoms with Gasteiger partial charge < -0.3 is 10.2 Å². The minimum Gasteiger partial charge on any atom is -0.325 e. The minimum atomic E-state index is -0.104. The Morgan fingerprint density at radius 3 is 2.78 bits per heavy atom. The Morgan fingerprint density at radius 2 is 2.00 bits per heavy atom. The number of thioether (sulfide) groups is 1. The maximum Gasteiger partial charge on any atom is 0.234 e. The predicted octanol–water partition coefficient (Wildman–Crippen LogP) is 4.12. The molecule has 1 N–H and O–H groups in total. The summed E-state index contributed by atoms with van der Waals surface area (Å²) in [7, 11) is 0. The van der Waals surface area contributed by atoms with Crippen LogP contribution in [0.2, 0.25) is 5.02 Å². The molecule has 0 aliphatic carbocycles. The van der Waals surface area contributed by atoms with Gasteiger partial charge in [0.1, 0.15) is 0 Å². The molecule has 4 rings (SSSR count). The van der Waals surface area contributed by atoms with Crippen molar-refractivity contribution in [3.8, 4) is 0 Å². The van der Waals surface area contributed by atoms with Crippen LogP contribution in [0.4, 0.5) is 17.3 Å². The number of carbonyl (C=O) groups is 1. The predicted molar refractivity (Wildman–Crippen MR) is 109 cm³/mol. The molecule has 0 atom stereocenters. The van der Waals surface area contributed by atoms with Gasteiger partial charge in [-0.2, -0.15) is 0 Å². The zero-order chi connectivity index (χ0) is 18.8. The third-order valence-electron chi connectivity index (χ3n) is 4.27. The smallest absolute Gasteiger partial charge is 0.234 e. The monoisotopic (exact) mass is 399 g/mol. The number of rotatable bonds is 5. The molecule has 1 aliphatic rings. The Kier molecular flexibility index (Phi) is 5.05. The van der Waals surface area contributed by atoms with Crippen molar-refractivity contribution in [3.05, 3.63) is 59.1 Å². The fraction of sp³-hybridized carbons (Fsp3) is 0.211. The van der Waals surface area contributed by atoms with E-state index in [-0.39, 0.29) is 11.7 Å². The maximum atomic E-state index is 12.2. The number of hydrogen-bond acceptors (Lipinski definition) is 5. The SMILES string of the molecule is Cc1ccc(N2CCn3c(SCC(=O)Nc4cccc(Cl)c4)nnc32)cc1. The molecule has 2 aromatic carbocycles. The van der Waals surface area contributed by atoms with E-state index in [2.05, 4.69) is 56.2 Å². The number of hydrogen-bond donors (Lipinski definition) is 1. The van der Waals surface area contributed by atoms with Crippen LogP contribution in [0, 0.1) is 6.92 Å². The van der Waals surface area contributed by atoms with E-state index in [1.54, 1.807) is 18.2 Å². The highest BCUT2D eigenvalue weighted by Gasteiger charge is 2.26. The van der Waals surface area contributed by atoms with E-state index in [1.807, 2.05) is 6.07 Å². The third-order valence-corrected chi connectivity index (χ3v) is 5.47. The van der Waals surface area contributed by atoms with Gasteiger partial charge in [0.2, 0.25) is 11.9 Å². The average molecular weight is 400 g/mol. The maximum absolute atomic E-state index is 12.2. The van der Waals surface area contributed by atoms with E-state index in [9.17, 15) is 4.79 Å². The van der Waals surface area contributed by atoms with Crippen molar-refractivity contribution in [1.29, 1.82) is 0 Å². The highest BCUT2D eigenvalue weighted by Crippen LogP contribution is 2.32. The van der Waals surface area contributed by atoms with Crippen LogP contribution in [0.3, 0.4) is 0 Å². The Morgan fingerprint density at radius 1 is 1.19 bits per heavy atom. The second kappa shape index (κ2) is 7.62. The first kappa shape index (κ1) is 17.9. The molecule has 27 heavy (non-hydrogen) atoms. The number of aryl methyl sites for hydroxylation is 1. The first-order chi connectivity index (χ1) is 13.1. The summed E-state index contributed by atoms with van der Waals surface area (Å²) in [6, 6.07) is 15.5. The number of fused-ring (bicyclic) bond motifs is 1. The van der Waals surface area contributed by atoms with Crippen LogP contribution in [0.25, 0.3) is 0 Å². The molecule has 0 saturated heterocycles. The third kappa shape index (κ3) is 3.94. The summed E-state index contributed by atoms with van der Waals surface area (Å²) in [5, 5.41) is 12.8. The summed E-state index contributed by atoms with van der Waals surface area (Å²) >= 11 is 7.32. The van der Waals surface area contributed by atoms with Gasteiger partial charge in [-0.1, -0.05) is 47.1 Å². The molecule has 0 spiro atoms. The van der Waals surface area contributed by atoms with E-state index in [1.165, 1.54) is 17.3 Å². The summed E-state index contributed by atoms with van der Waals surface area (Å²) < 4.78 is 2.05. The molecular formula is C19H18ClN5OS. The number of aromatic nitrogens is 3. The fourth-order valence-electron chi connectivity index (χ4n) is 2.95. The van der Waals surface area contributed by atoms with Crippen molar-refractivity contribution in [3.63, 3.8) is 0 Å². The zero-order valence-electron chi connectivity index (χ0n) is 14.7. The van der Waals surface area contributed by atoms with Gasteiger partial charge in [-0.25, -0.2) is 0 Å². The lowest BCUT2D eigenvalue weighted by atomic mass is 10.2. The molecule has 3 aromatic rings. The van der Waals surface area contributed by atoms with Crippen LogP contribution in [-0.4, -0.2) is 33.0 Å². The average Bonchev–Trinajstić information content (AvgIpc) is 3.23. The topological polar surface area (TPSA) is 63.1 Å². The van der Waals surface area contributed by atoms with Crippen molar-refractivity contribution in [2.45, 2.75) is 18.6 Å². The highest BCUT2D eigenvalue weighted by molar-refractivity contribution is 7.99. The van der Waals surface area contributed by atoms with E-state index < -0.39 is 0 Å². The molecule has 0 radical (unpaired) electrons. The van der Waals surface area contributed by atoms with E-state index in [0.717, 1.165) is 29.9 Å². The van der Waals surface area contributed by atoms with Crippen molar-refractivity contribution >= 4 is 46.6 Å². The zero-order valence-corrected chi connectivity index (χ0v) is 16.3. The molecule has 0 bridgehead atoms. The lowest BCUT2D eigenvalue weighted by molar-refractivity contribution is -0.113. The van der Waals surface area contributed by atoms with E-state index in [4.69, 9.17) is 11.6 Å². The Bertz CT molecular complexity index is 972. The first-order valence-electron chi connectivity index (χ1n) is 8.56. The molecule has 1 aromatic heterocycles. The Hall–Kier alpha value is -2.51. The first-order valence-corrected chi connectivity index (χ1v) is 9.92. The number of carbonyl (C=O) groups excluding carboxylic acids is 1. The van der Waals surface area contributed by atoms with Gasteiger partial charge in [-0.3, -0.25) is 9.36 Å². The second-order valence-electron chi connectivity index (χ2n) is 6.27. The van der Waals surface area contributed by atoms with E-state index >= 15 is 0 Å². The van der Waals surface area contributed by atoms with Crippen LogP contribution in [0.5, 0.6) is 0 Å². The largest absolute Gasteiger partial charge is 0.325 e. The summed E-state index contributed by atoms with van der Waals surface area (Å²) in [5.74, 6) is 0.972. The van der Waals surface area contributed by atoms with Crippen molar-refractivity contribution < 1.29 is 4.79 Å². The van der Waals surface area contributed by atoms with Crippen LogP contribution in [-0.2, 0) is 11.3 Å². The van der Waals surface area contributed by atoms with Crippen molar-refractivity contribution in [1.82, 2.24) is 14.8 Å². The molecule has 8 heteroatoms. The van der Waals surface area contributed by atoms with Crippen LogP contribution < -0.4 is 10.2 Å². The molecule has 1 amide bonds. The van der Waals surface area contributed by atoms with Gasteiger partial charge in [0, 0.05) is 29.5 Å². The standard InChI is InChI=1S/C19H18ClN5OS/c1-13-5-7-16(8-6-13)24-9-10-25-18(24)22-23-19(25)27-12-17(26)21-15-4-2-3-14(20)11-15/h2-8,11H,9-10,12H2,1H3,(H,21,26). The normalized spacial score (nSPS) is 12.9. The summed E-state index contributed by atoms with van der Waals surface area (Å²) in [5.41, 5.74) is 3.01. The minimum absolute atomic E-state index is 0.104. The molecule has 6 nitrogen and oxygen atoms in total. The van der Waals surface area contributed by atoms with Crippen molar-refractivity contribution in [2.75, 3.05) is 22.5 Å². The number of benzene rings is 2. The number of nitrogens with one attached hydrogen (secondary N) is 1. The molecular weight excluding hydrogens is 382 g/mol. The molecule has 0 saturated carbocycles. The van der Waals surface area contributed by atoms with Gasteiger partial charge in [-0.15, -0.1) is 10.2 Å². The Balaban J connectivity index is 1.41. The van der Waals surface area contributed by atoms with E-state index in [0.29, 0.717) is 10.7 Å².